The van der Waals surface area contributed by atoms with Gasteiger partial charge in [-0.05, 0) is 13.8 Å². The second-order valence-corrected chi connectivity index (χ2v) is 4.86. The predicted molar refractivity (Wildman–Crippen MR) is 69.2 cm³/mol. The number of nitrogens with zero attached hydrogens (tertiary/aromatic N) is 5. The largest absolute Gasteiger partial charge is 0.273 e. The third-order valence-electron chi connectivity index (χ3n) is 3.40. The van der Waals surface area contributed by atoms with E-state index < -0.39 is 0 Å². The molecule has 0 radical (unpaired) electrons. The summed E-state index contributed by atoms with van der Waals surface area (Å²) in [6.07, 6.45) is 1.76. The fourth-order valence-corrected chi connectivity index (χ4v) is 2.06. The van der Waals surface area contributed by atoms with Gasteiger partial charge in [0.1, 0.15) is 17.1 Å². The molecular weight excluding hydrogens is 226 g/mol. The van der Waals surface area contributed by atoms with Crippen LogP contribution in [0.4, 0.5) is 0 Å². The van der Waals surface area contributed by atoms with E-state index in [-0.39, 0.29) is 5.66 Å². The van der Waals surface area contributed by atoms with Gasteiger partial charge in [-0.1, -0.05) is 35.5 Å². The standard InChI is InChI=1S/C13H15N5/c1-13(2)17(3)15-12(10-7-5-4-6-8-10)11-9-14-16-18(11)13/h4-9H,1-3H3. The number of hydrogen-bond acceptors (Lipinski definition) is 4. The van der Waals surface area contributed by atoms with Crippen molar-refractivity contribution in [3.05, 3.63) is 47.8 Å². The van der Waals surface area contributed by atoms with Crippen molar-refractivity contribution >= 4 is 5.71 Å². The molecule has 18 heavy (non-hydrogen) atoms. The summed E-state index contributed by atoms with van der Waals surface area (Å²) in [6, 6.07) is 10.1. The van der Waals surface area contributed by atoms with Crippen LogP contribution >= 0.6 is 0 Å². The summed E-state index contributed by atoms with van der Waals surface area (Å²) in [5.74, 6) is 0. The molecule has 0 saturated carbocycles. The second kappa shape index (κ2) is 3.66. The van der Waals surface area contributed by atoms with Crippen molar-refractivity contribution in [2.45, 2.75) is 19.5 Å². The summed E-state index contributed by atoms with van der Waals surface area (Å²) in [6.45, 7) is 4.13. The highest BCUT2D eigenvalue weighted by atomic mass is 15.6. The molecule has 0 N–H and O–H groups in total. The smallest absolute Gasteiger partial charge is 0.146 e. The first-order valence-electron chi connectivity index (χ1n) is 5.90. The van der Waals surface area contributed by atoms with E-state index in [0.717, 1.165) is 17.0 Å². The van der Waals surface area contributed by atoms with E-state index in [9.17, 15) is 0 Å². The van der Waals surface area contributed by atoms with Crippen molar-refractivity contribution in [2.24, 2.45) is 5.10 Å². The Balaban J connectivity index is 2.19. The van der Waals surface area contributed by atoms with Crippen LogP contribution in [0.2, 0.25) is 0 Å². The first-order valence-corrected chi connectivity index (χ1v) is 5.90. The quantitative estimate of drug-likeness (QED) is 0.763. The van der Waals surface area contributed by atoms with Crippen LogP contribution in [0.25, 0.3) is 0 Å². The van der Waals surface area contributed by atoms with Gasteiger partial charge in [0, 0.05) is 12.6 Å². The maximum atomic E-state index is 4.67. The van der Waals surface area contributed by atoms with Crippen molar-refractivity contribution < 1.29 is 0 Å². The average Bonchev–Trinajstić information content (AvgIpc) is 2.85. The third kappa shape index (κ3) is 1.44. The Bertz CT molecular complexity index is 597. The molecule has 5 nitrogen and oxygen atoms in total. The van der Waals surface area contributed by atoms with Crippen LogP contribution in [-0.2, 0) is 5.66 Å². The lowest BCUT2D eigenvalue weighted by Crippen LogP contribution is -2.46. The molecule has 0 spiro atoms. The summed E-state index contributed by atoms with van der Waals surface area (Å²) in [7, 11) is 1.95. The monoisotopic (exact) mass is 241 g/mol. The molecular formula is C13H15N5. The highest BCUT2D eigenvalue weighted by Crippen LogP contribution is 2.27. The molecule has 1 aromatic carbocycles. The molecule has 0 aliphatic carbocycles. The Morgan fingerprint density at radius 2 is 1.83 bits per heavy atom. The number of hydrogen-bond donors (Lipinski definition) is 0. The van der Waals surface area contributed by atoms with Crippen molar-refractivity contribution in [2.75, 3.05) is 7.05 Å². The Hall–Kier alpha value is -2.17. The SMILES string of the molecule is CN1N=C(c2ccccc2)c2cnnn2C1(C)C. The van der Waals surface area contributed by atoms with E-state index in [1.807, 2.05) is 47.1 Å². The van der Waals surface area contributed by atoms with Crippen molar-refractivity contribution in [3.8, 4) is 0 Å². The highest BCUT2D eigenvalue weighted by Gasteiger charge is 2.34. The van der Waals surface area contributed by atoms with Crippen molar-refractivity contribution in [3.63, 3.8) is 0 Å². The van der Waals surface area contributed by atoms with E-state index in [0.29, 0.717) is 0 Å². The van der Waals surface area contributed by atoms with Crippen LogP contribution in [0.15, 0.2) is 41.6 Å². The van der Waals surface area contributed by atoms with Crippen LogP contribution in [-0.4, -0.2) is 32.8 Å². The van der Waals surface area contributed by atoms with E-state index >= 15 is 0 Å². The van der Waals surface area contributed by atoms with E-state index in [4.69, 9.17) is 0 Å². The third-order valence-corrected chi connectivity index (χ3v) is 3.40. The van der Waals surface area contributed by atoms with E-state index in [1.54, 1.807) is 6.20 Å². The van der Waals surface area contributed by atoms with Crippen molar-refractivity contribution in [1.29, 1.82) is 0 Å². The highest BCUT2D eigenvalue weighted by molar-refractivity contribution is 6.11. The molecule has 0 bridgehead atoms. The number of hydrazone groups is 1. The molecule has 0 saturated heterocycles. The minimum atomic E-state index is -0.301. The van der Waals surface area contributed by atoms with Gasteiger partial charge in [0.05, 0.1) is 6.20 Å². The zero-order valence-electron chi connectivity index (χ0n) is 10.7. The minimum Gasteiger partial charge on any atom is -0.273 e. The molecule has 0 atom stereocenters. The molecule has 0 unspecified atom stereocenters. The molecule has 1 aromatic heterocycles. The lowest BCUT2D eigenvalue weighted by Gasteiger charge is -2.38. The summed E-state index contributed by atoms with van der Waals surface area (Å²) in [5.41, 5.74) is 2.62. The van der Waals surface area contributed by atoms with E-state index in [1.165, 1.54) is 0 Å². The molecule has 1 aliphatic rings. The first-order chi connectivity index (χ1) is 8.60. The summed E-state index contributed by atoms with van der Waals surface area (Å²) < 4.78 is 1.91. The molecule has 2 heterocycles. The second-order valence-electron chi connectivity index (χ2n) is 4.86. The molecule has 5 heteroatoms. The van der Waals surface area contributed by atoms with Gasteiger partial charge in [-0.2, -0.15) is 5.10 Å². The number of aromatic nitrogens is 3. The molecule has 92 valence electrons. The lowest BCUT2D eigenvalue weighted by atomic mass is 10.1. The van der Waals surface area contributed by atoms with Gasteiger partial charge in [-0.3, -0.25) is 5.01 Å². The fraction of sp³-hybridized carbons (Fsp3) is 0.308. The van der Waals surface area contributed by atoms with Crippen LogP contribution in [0.3, 0.4) is 0 Å². The summed E-state index contributed by atoms with van der Waals surface area (Å²) in [4.78, 5) is 0. The first kappa shape index (κ1) is 11.0. The van der Waals surface area contributed by atoms with Crippen LogP contribution in [0.1, 0.15) is 25.1 Å². The average molecular weight is 241 g/mol. The number of benzene rings is 1. The van der Waals surface area contributed by atoms with Gasteiger partial charge < -0.3 is 0 Å². The topological polar surface area (TPSA) is 46.3 Å². The molecule has 2 aromatic rings. The predicted octanol–water partition coefficient (Wildman–Crippen LogP) is 1.67. The normalized spacial score (nSPS) is 17.3. The Morgan fingerprint density at radius 3 is 2.56 bits per heavy atom. The maximum absolute atomic E-state index is 4.67. The Morgan fingerprint density at radius 1 is 1.11 bits per heavy atom. The van der Waals surface area contributed by atoms with Crippen LogP contribution in [0.5, 0.6) is 0 Å². The molecule has 3 rings (SSSR count). The lowest BCUT2D eigenvalue weighted by molar-refractivity contribution is 0.0609. The van der Waals surface area contributed by atoms with E-state index in [2.05, 4.69) is 29.3 Å². The van der Waals surface area contributed by atoms with Gasteiger partial charge in [-0.15, -0.1) is 5.10 Å². The summed E-state index contributed by atoms with van der Waals surface area (Å²) in [5, 5.41) is 14.8. The minimum absolute atomic E-state index is 0.301. The van der Waals surface area contributed by atoms with Gasteiger partial charge >= 0.3 is 0 Å². The Kier molecular flexibility index (Phi) is 2.23. The number of fused-ring (bicyclic) bond motifs is 1. The summed E-state index contributed by atoms with van der Waals surface area (Å²) >= 11 is 0. The zero-order valence-corrected chi connectivity index (χ0v) is 10.7. The molecule has 0 amide bonds. The van der Waals surface area contributed by atoms with Crippen molar-refractivity contribution in [1.82, 2.24) is 20.0 Å². The molecule has 0 fully saturated rings. The fourth-order valence-electron chi connectivity index (χ4n) is 2.06. The Labute approximate surface area is 106 Å². The molecule has 1 aliphatic heterocycles. The number of rotatable bonds is 1. The van der Waals surface area contributed by atoms with Crippen LogP contribution < -0.4 is 0 Å². The van der Waals surface area contributed by atoms with Gasteiger partial charge in [0.15, 0.2) is 0 Å². The van der Waals surface area contributed by atoms with Crippen LogP contribution in [0, 0.1) is 0 Å². The zero-order chi connectivity index (χ0) is 12.8. The van der Waals surface area contributed by atoms with Gasteiger partial charge in [0.25, 0.3) is 0 Å². The van der Waals surface area contributed by atoms with Gasteiger partial charge in [0.2, 0.25) is 0 Å². The maximum Gasteiger partial charge on any atom is 0.146 e. The van der Waals surface area contributed by atoms with Gasteiger partial charge in [-0.25, -0.2) is 4.68 Å².